The predicted octanol–water partition coefficient (Wildman–Crippen LogP) is 3.64. The number of amidine groups is 1. The number of nitrogens with one attached hydrogen (secondary N) is 1. The Morgan fingerprint density at radius 2 is 1.91 bits per heavy atom. The Hall–Kier alpha value is -1.55. The minimum Gasteiger partial charge on any atom is -0.494 e. The molecule has 0 spiro atoms. The molecule has 0 atom stereocenters. The van der Waals surface area contributed by atoms with Crippen molar-refractivity contribution in [2.45, 2.75) is 45.4 Å². The van der Waals surface area contributed by atoms with Gasteiger partial charge >= 0.3 is 0 Å². The van der Waals surface area contributed by atoms with Crippen LogP contribution in [0.5, 0.6) is 5.75 Å². The van der Waals surface area contributed by atoms with E-state index in [1.807, 2.05) is 24.3 Å². The summed E-state index contributed by atoms with van der Waals surface area (Å²) in [4.78, 5) is 2.62. The highest BCUT2D eigenvalue weighted by Crippen LogP contribution is 2.22. The smallest absolute Gasteiger partial charge is 0.122 e. The van der Waals surface area contributed by atoms with E-state index in [1.54, 1.807) is 0 Å². The minimum absolute atomic E-state index is 0.0989. The maximum Gasteiger partial charge on any atom is 0.122 e. The fraction of sp³-hybridized carbons (Fsp3) is 0.632. The Balaban J connectivity index is 1.58. The van der Waals surface area contributed by atoms with Gasteiger partial charge in [-0.05, 0) is 81.9 Å². The summed E-state index contributed by atoms with van der Waals surface area (Å²) in [6.45, 7) is 6.87. The molecule has 1 fully saturated rings. The molecular formula is C19H31N3O. The molecular weight excluding hydrogens is 286 g/mol. The molecule has 3 N–H and O–H groups in total. The van der Waals surface area contributed by atoms with E-state index in [9.17, 15) is 0 Å². The maximum absolute atomic E-state index is 7.37. The van der Waals surface area contributed by atoms with Gasteiger partial charge in [0.25, 0.3) is 0 Å². The van der Waals surface area contributed by atoms with Crippen molar-refractivity contribution in [3.8, 4) is 5.75 Å². The van der Waals surface area contributed by atoms with Crippen molar-refractivity contribution in [2.24, 2.45) is 11.7 Å². The second kappa shape index (κ2) is 9.56. The van der Waals surface area contributed by atoms with Gasteiger partial charge in [0.2, 0.25) is 0 Å². The summed E-state index contributed by atoms with van der Waals surface area (Å²) >= 11 is 0. The summed E-state index contributed by atoms with van der Waals surface area (Å²) in [6, 6.07) is 7.46. The SMILES string of the molecule is CCCCN1CCC(CCCOc2ccc(C(=N)N)cc2)CC1. The van der Waals surface area contributed by atoms with Gasteiger partial charge in [0.1, 0.15) is 11.6 Å². The molecule has 1 heterocycles. The lowest BCUT2D eigenvalue weighted by Gasteiger charge is -2.31. The van der Waals surface area contributed by atoms with Crippen molar-refractivity contribution < 1.29 is 4.74 Å². The Morgan fingerprint density at radius 3 is 2.52 bits per heavy atom. The van der Waals surface area contributed by atoms with E-state index < -0.39 is 0 Å². The largest absolute Gasteiger partial charge is 0.494 e. The average Bonchev–Trinajstić information content (AvgIpc) is 2.58. The number of unbranched alkanes of at least 4 members (excludes halogenated alkanes) is 1. The number of ether oxygens (including phenoxy) is 1. The summed E-state index contributed by atoms with van der Waals surface area (Å²) in [7, 11) is 0. The van der Waals surface area contributed by atoms with E-state index in [0.717, 1.165) is 30.3 Å². The second-order valence-corrected chi connectivity index (χ2v) is 6.57. The summed E-state index contributed by atoms with van der Waals surface area (Å²) in [6.07, 6.45) is 7.71. The molecule has 2 rings (SSSR count). The number of nitrogens with zero attached hydrogens (tertiary/aromatic N) is 1. The van der Waals surface area contributed by atoms with Gasteiger partial charge in [-0.1, -0.05) is 13.3 Å². The molecule has 0 amide bonds. The van der Waals surface area contributed by atoms with Gasteiger partial charge in [-0.15, -0.1) is 0 Å². The van der Waals surface area contributed by atoms with Gasteiger partial charge in [-0.2, -0.15) is 0 Å². The second-order valence-electron chi connectivity index (χ2n) is 6.57. The zero-order valence-electron chi connectivity index (χ0n) is 14.4. The number of likely N-dealkylation sites (tertiary alicyclic amines) is 1. The number of rotatable bonds is 9. The van der Waals surface area contributed by atoms with E-state index >= 15 is 0 Å². The molecule has 1 aromatic carbocycles. The lowest BCUT2D eigenvalue weighted by Crippen LogP contribution is -2.34. The van der Waals surface area contributed by atoms with E-state index in [2.05, 4.69) is 11.8 Å². The third kappa shape index (κ3) is 6.22. The molecule has 0 aromatic heterocycles. The molecule has 0 aliphatic carbocycles. The number of nitrogens with two attached hydrogens (primary N) is 1. The topological polar surface area (TPSA) is 62.3 Å². The average molecular weight is 317 g/mol. The molecule has 4 nitrogen and oxygen atoms in total. The first-order valence-corrected chi connectivity index (χ1v) is 8.98. The third-order valence-corrected chi connectivity index (χ3v) is 4.73. The molecule has 1 aromatic rings. The van der Waals surface area contributed by atoms with Gasteiger partial charge in [0.05, 0.1) is 6.61 Å². The van der Waals surface area contributed by atoms with Crippen LogP contribution < -0.4 is 10.5 Å². The van der Waals surface area contributed by atoms with Crippen LogP contribution in [0.25, 0.3) is 0 Å². The lowest BCUT2D eigenvalue weighted by molar-refractivity contribution is 0.170. The van der Waals surface area contributed by atoms with Crippen LogP contribution in [0.1, 0.15) is 51.0 Å². The molecule has 128 valence electrons. The highest BCUT2D eigenvalue weighted by molar-refractivity contribution is 5.94. The van der Waals surface area contributed by atoms with Crippen LogP contribution >= 0.6 is 0 Å². The fourth-order valence-corrected chi connectivity index (χ4v) is 3.17. The number of hydrogen-bond acceptors (Lipinski definition) is 3. The monoisotopic (exact) mass is 317 g/mol. The van der Waals surface area contributed by atoms with Crippen molar-refractivity contribution >= 4 is 5.84 Å². The summed E-state index contributed by atoms with van der Waals surface area (Å²) in [5.74, 6) is 1.84. The van der Waals surface area contributed by atoms with E-state index in [1.165, 1.54) is 51.7 Å². The molecule has 0 bridgehead atoms. The van der Waals surface area contributed by atoms with Gasteiger partial charge in [-0.3, -0.25) is 5.41 Å². The zero-order chi connectivity index (χ0) is 16.5. The normalized spacial score (nSPS) is 16.4. The van der Waals surface area contributed by atoms with Crippen molar-refractivity contribution in [3.05, 3.63) is 29.8 Å². The fourth-order valence-electron chi connectivity index (χ4n) is 3.17. The quantitative estimate of drug-likeness (QED) is 0.415. The van der Waals surface area contributed by atoms with Crippen molar-refractivity contribution in [1.82, 2.24) is 4.90 Å². The highest BCUT2D eigenvalue weighted by Gasteiger charge is 2.18. The molecule has 1 aliphatic rings. The molecule has 23 heavy (non-hydrogen) atoms. The van der Waals surface area contributed by atoms with Crippen molar-refractivity contribution in [2.75, 3.05) is 26.2 Å². The molecule has 1 saturated heterocycles. The summed E-state index contributed by atoms with van der Waals surface area (Å²) in [5.41, 5.74) is 6.19. The van der Waals surface area contributed by atoms with E-state index in [-0.39, 0.29) is 5.84 Å². The first kappa shape index (κ1) is 17.8. The Bertz CT molecular complexity index is 464. The van der Waals surface area contributed by atoms with Gasteiger partial charge in [0.15, 0.2) is 0 Å². The zero-order valence-corrected chi connectivity index (χ0v) is 14.4. The van der Waals surface area contributed by atoms with Gasteiger partial charge in [-0.25, -0.2) is 0 Å². The highest BCUT2D eigenvalue weighted by atomic mass is 16.5. The number of hydrogen-bond donors (Lipinski definition) is 2. The van der Waals surface area contributed by atoms with Crippen molar-refractivity contribution in [3.63, 3.8) is 0 Å². The summed E-state index contributed by atoms with van der Waals surface area (Å²) in [5, 5.41) is 7.37. The van der Waals surface area contributed by atoms with Crippen LogP contribution in [0, 0.1) is 11.3 Å². The van der Waals surface area contributed by atoms with E-state index in [4.69, 9.17) is 15.9 Å². The van der Waals surface area contributed by atoms with Gasteiger partial charge in [0, 0.05) is 5.56 Å². The van der Waals surface area contributed by atoms with Crippen LogP contribution in [0.2, 0.25) is 0 Å². The molecule has 1 aliphatic heterocycles. The maximum atomic E-state index is 7.37. The van der Waals surface area contributed by atoms with Crippen LogP contribution in [-0.4, -0.2) is 37.0 Å². The number of piperidine rings is 1. The first-order chi connectivity index (χ1) is 11.2. The first-order valence-electron chi connectivity index (χ1n) is 8.98. The molecule has 0 saturated carbocycles. The summed E-state index contributed by atoms with van der Waals surface area (Å²) < 4.78 is 5.78. The number of nitrogen functional groups attached to an aromatic ring is 1. The standard InChI is InChI=1S/C19H31N3O/c1-2-3-12-22-13-10-16(11-14-22)5-4-15-23-18-8-6-17(7-9-18)19(20)21/h6-9,16H,2-5,10-15H2,1H3,(H3,20,21). The Morgan fingerprint density at radius 1 is 1.22 bits per heavy atom. The van der Waals surface area contributed by atoms with Crippen LogP contribution in [0.15, 0.2) is 24.3 Å². The molecule has 4 heteroatoms. The Kier molecular flexibility index (Phi) is 7.40. The number of benzene rings is 1. The molecule has 0 unspecified atom stereocenters. The van der Waals surface area contributed by atoms with Crippen LogP contribution in [-0.2, 0) is 0 Å². The Labute approximate surface area is 140 Å². The third-order valence-electron chi connectivity index (χ3n) is 4.73. The van der Waals surface area contributed by atoms with Crippen molar-refractivity contribution in [1.29, 1.82) is 5.41 Å². The van der Waals surface area contributed by atoms with Gasteiger partial charge < -0.3 is 15.4 Å². The van der Waals surface area contributed by atoms with Crippen LogP contribution in [0.4, 0.5) is 0 Å². The molecule has 0 radical (unpaired) electrons. The minimum atomic E-state index is 0.0989. The van der Waals surface area contributed by atoms with Crippen LogP contribution in [0.3, 0.4) is 0 Å². The lowest BCUT2D eigenvalue weighted by atomic mass is 9.92. The van der Waals surface area contributed by atoms with E-state index in [0.29, 0.717) is 0 Å². The predicted molar refractivity (Wildman–Crippen MR) is 96.3 cm³/mol.